The summed E-state index contributed by atoms with van der Waals surface area (Å²) in [6.45, 7) is 14.8. The molecule has 6 heteroatoms. The molecule has 1 aromatic carbocycles. The van der Waals surface area contributed by atoms with Crippen molar-refractivity contribution in [3.8, 4) is 5.69 Å². The maximum absolute atomic E-state index is 12.5. The minimum absolute atomic E-state index is 0.0938. The highest BCUT2D eigenvalue weighted by atomic mass is 16.5. The molecule has 0 bridgehead atoms. The van der Waals surface area contributed by atoms with Crippen molar-refractivity contribution in [2.45, 2.75) is 59.3 Å². The Bertz CT molecular complexity index is 891. The van der Waals surface area contributed by atoms with Crippen molar-refractivity contribution < 1.29 is 9.53 Å². The number of nitrogens with one attached hydrogen (secondary N) is 1. The number of rotatable bonds is 6. The van der Waals surface area contributed by atoms with E-state index in [0.717, 1.165) is 35.7 Å². The number of carbonyl (C=O) groups is 1. The van der Waals surface area contributed by atoms with Crippen molar-refractivity contribution in [1.29, 1.82) is 0 Å². The van der Waals surface area contributed by atoms with Gasteiger partial charge in [0.05, 0.1) is 23.6 Å². The zero-order valence-corrected chi connectivity index (χ0v) is 19.0. The van der Waals surface area contributed by atoms with Gasteiger partial charge in [-0.3, -0.25) is 9.69 Å². The third kappa shape index (κ3) is 5.18. The van der Waals surface area contributed by atoms with Gasteiger partial charge in [0.25, 0.3) is 0 Å². The molecule has 1 N–H and O–H groups in total. The second-order valence-corrected chi connectivity index (χ2v) is 8.86. The Morgan fingerprint density at radius 2 is 1.83 bits per heavy atom. The fourth-order valence-electron chi connectivity index (χ4n) is 4.02. The van der Waals surface area contributed by atoms with E-state index >= 15 is 0 Å². The largest absolute Gasteiger partial charge is 0.373 e. The zero-order valence-electron chi connectivity index (χ0n) is 19.0. The monoisotopic (exact) mass is 410 g/mol. The average molecular weight is 411 g/mol. The van der Waals surface area contributed by atoms with E-state index in [0.29, 0.717) is 6.54 Å². The predicted octanol–water partition coefficient (Wildman–Crippen LogP) is 3.51. The van der Waals surface area contributed by atoms with Crippen LogP contribution in [0.2, 0.25) is 0 Å². The maximum Gasteiger partial charge on any atom is 0.244 e. The molecule has 2 aromatic rings. The van der Waals surface area contributed by atoms with E-state index in [-0.39, 0.29) is 23.7 Å². The number of hydrogen-bond donors (Lipinski definition) is 1. The van der Waals surface area contributed by atoms with Crippen LogP contribution in [0.25, 0.3) is 11.8 Å². The van der Waals surface area contributed by atoms with Crippen LogP contribution in [0.5, 0.6) is 0 Å². The minimum atomic E-state index is -0.139. The van der Waals surface area contributed by atoms with Gasteiger partial charge in [0.1, 0.15) is 0 Å². The summed E-state index contributed by atoms with van der Waals surface area (Å²) in [5.74, 6) is -0.0938. The van der Waals surface area contributed by atoms with Crippen LogP contribution in [0.4, 0.5) is 0 Å². The molecule has 1 aromatic heterocycles. The smallest absolute Gasteiger partial charge is 0.244 e. The highest BCUT2D eigenvalue weighted by Crippen LogP contribution is 2.21. The van der Waals surface area contributed by atoms with Crippen molar-refractivity contribution >= 4 is 12.0 Å². The number of carbonyl (C=O) groups excluding carboxylic acids is 1. The molecule has 6 nitrogen and oxygen atoms in total. The topological polar surface area (TPSA) is 59.4 Å². The van der Waals surface area contributed by atoms with E-state index in [1.54, 1.807) is 6.08 Å². The van der Waals surface area contributed by atoms with E-state index in [4.69, 9.17) is 4.74 Å². The second kappa shape index (κ2) is 9.14. The Morgan fingerprint density at radius 3 is 2.47 bits per heavy atom. The molecular formula is C24H34N4O2. The summed E-state index contributed by atoms with van der Waals surface area (Å²) in [7, 11) is 0. The molecule has 2 unspecified atom stereocenters. The Morgan fingerprint density at radius 1 is 1.20 bits per heavy atom. The summed E-state index contributed by atoms with van der Waals surface area (Å²) in [6, 6.07) is 10.0. The summed E-state index contributed by atoms with van der Waals surface area (Å²) < 4.78 is 7.75. The Kier molecular flexibility index (Phi) is 6.78. The number of morpholine rings is 1. The number of amides is 1. The summed E-state index contributed by atoms with van der Waals surface area (Å²) in [5.41, 5.74) is 3.76. The van der Waals surface area contributed by atoms with Crippen molar-refractivity contribution in [3.63, 3.8) is 0 Å². The number of aryl methyl sites for hydroxylation is 1. The lowest BCUT2D eigenvalue weighted by Crippen LogP contribution is -2.58. The molecule has 3 rings (SSSR count). The number of nitrogens with zero attached hydrogens (tertiary/aromatic N) is 3. The lowest BCUT2D eigenvalue weighted by molar-refractivity contribution is -0.118. The molecule has 0 radical (unpaired) electrons. The van der Waals surface area contributed by atoms with Crippen molar-refractivity contribution in [2.75, 3.05) is 19.6 Å². The molecule has 0 spiro atoms. The van der Waals surface area contributed by atoms with Gasteiger partial charge in [0.2, 0.25) is 5.91 Å². The summed E-state index contributed by atoms with van der Waals surface area (Å²) >= 11 is 0. The Hall–Kier alpha value is -2.44. The third-order valence-corrected chi connectivity index (χ3v) is 5.72. The second-order valence-electron chi connectivity index (χ2n) is 8.86. The zero-order chi connectivity index (χ0) is 21.9. The van der Waals surface area contributed by atoms with Crippen LogP contribution in [-0.4, -0.2) is 58.0 Å². The van der Waals surface area contributed by atoms with Crippen LogP contribution in [0.15, 0.2) is 36.4 Å². The van der Waals surface area contributed by atoms with Gasteiger partial charge in [0, 0.05) is 42.5 Å². The van der Waals surface area contributed by atoms with Crippen LogP contribution in [0.1, 0.15) is 44.6 Å². The average Bonchev–Trinajstić information content (AvgIpc) is 2.98. The molecule has 162 valence electrons. The molecule has 1 aliphatic heterocycles. The molecule has 0 aliphatic carbocycles. The first-order chi connectivity index (χ1) is 14.2. The Labute approximate surface area is 179 Å². The third-order valence-electron chi connectivity index (χ3n) is 5.72. The first kappa shape index (κ1) is 22.2. The van der Waals surface area contributed by atoms with E-state index in [1.807, 2.05) is 54.9 Å². The maximum atomic E-state index is 12.5. The highest BCUT2D eigenvalue weighted by molar-refractivity contribution is 5.92. The van der Waals surface area contributed by atoms with Gasteiger partial charge in [-0.05, 0) is 59.8 Å². The number of para-hydroxylation sites is 1. The molecule has 1 fully saturated rings. The van der Waals surface area contributed by atoms with E-state index in [2.05, 4.69) is 43.0 Å². The van der Waals surface area contributed by atoms with E-state index < -0.39 is 0 Å². The SMILES string of the molecule is Cc1nn(-c2ccccc2)c(C)c1/C=C/C(=O)NCC(C)(C)N1CC(C)OC(C)C1. The van der Waals surface area contributed by atoms with Crippen LogP contribution in [0, 0.1) is 13.8 Å². The molecule has 2 atom stereocenters. The van der Waals surface area contributed by atoms with Crippen molar-refractivity contribution in [2.24, 2.45) is 0 Å². The van der Waals surface area contributed by atoms with Crippen LogP contribution in [-0.2, 0) is 9.53 Å². The number of benzene rings is 1. The molecular weight excluding hydrogens is 376 g/mol. The molecule has 1 amide bonds. The lowest BCUT2D eigenvalue weighted by Gasteiger charge is -2.45. The highest BCUT2D eigenvalue weighted by Gasteiger charge is 2.33. The van der Waals surface area contributed by atoms with Gasteiger partial charge in [-0.1, -0.05) is 18.2 Å². The van der Waals surface area contributed by atoms with Crippen molar-refractivity contribution in [3.05, 3.63) is 53.4 Å². The van der Waals surface area contributed by atoms with Gasteiger partial charge in [-0.15, -0.1) is 0 Å². The van der Waals surface area contributed by atoms with Gasteiger partial charge in [-0.25, -0.2) is 4.68 Å². The summed E-state index contributed by atoms with van der Waals surface area (Å²) in [5, 5.41) is 7.70. The molecule has 0 saturated carbocycles. The van der Waals surface area contributed by atoms with Gasteiger partial charge >= 0.3 is 0 Å². The van der Waals surface area contributed by atoms with Gasteiger partial charge in [0.15, 0.2) is 0 Å². The van der Waals surface area contributed by atoms with Gasteiger partial charge < -0.3 is 10.1 Å². The fourth-order valence-corrected chi connectivity index (χ4v) is 4.02. The summed E-state index contributed by atoms with van der Waals surface area (Å²) in [4.78, 5) is 14.9. The number of aromatic nitrogens is 2. The number of ether oxygens (including phenoxy) is 1. The summed E-state index contributed by atoms with van der Waals surface area (Å²) in [6.07, 6.45) is 3.87. The van der Waals surface area contributed by atoms with E-state index in [1.165, 1.54) is 0 Å². The van der Waals surface area contributed by atoms with Crippen LogP contribution >= 0.6 is 0 Å². The van der Waals surface area contributed by atoms with Crippen LogP contribution < -0.4 is 5.32 Å². The molecule has 1 aliphatic rings. The molecule has 30 heavy (non-hydrogen) atoms. The predicted molar refractivity (Wildman–Crippen MR) is 121 cm³/mol. The fraction of sp³-hybridized carbons (Fsp3) is 0.500. The quantitative estimate of drug-likeness (QED) is 0.741. The first-order valence-corrected chi connectivity index (χ1v) is 10.7. The first-order valence-electron chi connectivity index (χ1n) is 10.7. The minimum Gasteiger partial charge on any atom is -0.373 e. The number of hydrogen-bond acceptors (Lipinski definition) is 4. The van der Waals surface area contributed by atoms with Crippen LogP contribution in [0.3, 0.4) is 0 Å². The standard InChI is InChI=1S/C24H34N4O2/c1-17-14-27(15-18(2)30-17)24(5,6)16-25-23(29)13-12-22-19(3)26-28(20(22)4)21-10-8-7-9-11-21/h7-13,17-18H,14-16H2,1-6H3,(H,25,29)/b13-12+. The molecule has 1 saturated heterocycles. The normalized spacial score (nSPS) is 20.6. The molecule has 2 heterocycles. The van der Waals surface area contributed by atoms with Gasteiger partial charge in [-0.2, -0.15) is 5.10 Å². The van der Waals surface area contributed by atoms with E-state index in [9.17, 15) is 4.79 Å². The Balaban J connectivity index is 1.63. The van der Waals surface area contributed by atoms with Crippen molar-refractivity contribution in [1.82, 2.24) is 20.0 Å². The lowest BCUT2D eigenvalue weighted by atomic mass is 10.00.